The van der Waals surface area contributed by atoms with Crippen LogP contribution in [0.25, 0.3) is 4.85 Å². The molecule has 0 amide bonds. The molecule has 0 spiro atoms. The number of aromatic amines is 1. The van der Waals surface area contributed by atoms with E-state index in [0.29, 0.717) is 6.92 Å². The lowest BCUT2D eigenvalue weighted by Gasteiger charge is -2.17. The van der Waals surface area contributed by atoms with E-state index in [9.17, 15) is 22.4 Å². The van der Waals surface area contributed by atoms with Crippen LogP contribution in [-0.2, 0) is 5.92 Å². The molecule has 1 heterocycles. The molecule has 1 N–H and O–H groups in total. The van der Waals surface area contributed by atoms with Gasteiger partial charge in [-0.2, -0.15) is 8.78 Å². The van der Waals surface area contributed by atoms with Crippen molar-refractivity contribution >= 4 is 5.69 Å². The van der Waals surface area contributed by atoms with E-state index < -0.39 is 40.7 Å². The van der Waals surface area contributed by atoms with E-state index >= 15 is 0 Å². The van der Waals surface area contributed by atoms with Crippen LogP contribution in [-0.4, -0.2) is 17.1 Å². The Morgan fingerprint density at radius 1 is 1.32 bits per heavy atom. The van der Waals surface area contributed by atoms with Gasteiger partial charge >= 0.3 is 0 Å². The van der Waals surface area contributed by atoms with E-state index in [2.05, 4.69) is 14.8 Å². The van der Waals surface area contributed by atoms with Crippen LogP contribution in [0.2, 0.25) is 0 Å². The number of H-pyrrole nitrogens is 1. The van der Waals surface area contributed by atoms with Crippen molar-refractivity contribution in [1.82, 2.24) is 9.97 Å². The summed E-state index contributed by atoms with van der Waals surface area (Å²) in [7, 11) is 1.14. The van der Waals surface area contributed by atoms with Gasteiger partial charge in [0.05, 0.1) is 20.0 Å². The molecule has 0 aliphatic carbocycles. The minimum absolute atomic E-state index is 0.270. The van der Waals surface area contributed by atoms with Crippen molar-refractivity contribution in [3.8, 4) is 17.2 Å². The molecule has 0 unspecified atom stereocenters. The zero-order valence-electron chi connectivity index (χ0n) is 12.9. The number of halogens is 4. The molecule has 25 heavy (non-hydrogen) atoms. The second-order valence-corrected chi connectivity index (χ2v) is 4.88. The molecule has 132 valence electrons. The number of methoxy groups -OCH3 is 1. The lowest BCUT2D eigenvalue weighted by Crippen LogP contribution is -2.19. The Hall–Kier alpha value is -3.09. The van der Waals surface area contributed by atoms with E-state index in [4.69, 9.17) is 16.0 Å². The smallest absolute Gasteiger partial charge is 0.294 e. The predicted molar refractivity (Wildman–Crippen MR) is 78.7 cm³/mol. The third-order valence-corrected chi connectivity index (χ3v) is 3.07. The molecular weight excluding hydrogens is 346 g/mol. The van der Waals surface area contributed by atoms with Gasteiger partial charge in [0.15, 0.2) is 17.2 Å². The van der Waals surface area contributed by atoms with Gasteiger partial charge in [0, 0.05) is 12.5 Å². The van der Waals surface area contributed by atoms with Crippen LogP contribution in [0.5, 0.6) is 17.2 Å². The van der Waals surface area contributed by atoms with Gasteiger partial charge in [-0.05, 0) is 12.1 Å². The molecule has 1 aromatic heterocycles. The summed E-state index contributed by atoms with van der Waals surface area (Å²) in [5, 5.41) is 0. The maximum Gasteiger partial charge on any atom is 0.294 e. The molecule has 0 saturated carbocycles. The van der Waals surface area contributed by atoms with Crippen LogP contribution >= 0.6 is 0 Å². The van der Waals surface area contributed by atoms with Gasteiger partial charge in [-0.25, -0.2) is 18.6 Å². The maximum atomic E-state index is 13.6. The van der Waals surface area contributed by atoms with Gasteiger partial charge in [-0.3, -0.25) is 4.79 Å². The topological polar surface area (TPSA) is 68.6 Å². The van der Waals surface area contributed by atoms with Crippen LogP contribution in [0.1, 0.15) is 24.6 Å². The highest BCUT2D eigenvalue weighted by molar-refractivity contribution is 5.66. The van der Waals surface area contributed by atoms with Crippen molar-refractivity contribution in [2.24, 2.45) is 0 Å². The van der Waals surface area contributed by atoms with Crippen LogP contribution in [0.4, 0.5) is 23.2 Å². The summed E-state index contributed by atoms with van der Waals surface area (Å²) in [6, 6.07) is 1.69. The third-order valence-electron chi connectivity index (χ3n) is 3.07. The molecule has 10 heteroatoms. The molecule has 0 fully saturated rings. The summed E-state index contributed by atoms with van der Waals surface area (Å²) in [5.74, 6) is -5.15. The Balaban J connectivity index is 2.68. The average Bonchev–Trinajstić information content (AvgIpc) is 2.54. The highest BCUT2D eigenvalue weighted by atomic mass is 19.3. The number of hydrogen-bond acceptors (Lipinski definition) is 4. The number of alkyl halides is 4. The molecule has 0 bridgehead atoms. The summed E-state index contributed by atoms with van der Waals surface area (Å²) < 4.78 is 63.3. The number of aromatic nitrogens is 2. The molecular formula is C15H11F4N3O3. The zero-order chi connectivity index (χ0) is 18.8. The second kappa shape index (κ2) is 6.80. The highest BCUT2D eigenvalue weighted by Crippen LogP contribution is 2.43. The number of ether oxygens (including phenoxy) is 2. The first kappa shape index (κ1) is 18.3. The number of hydrogen-bond donors (Lipinski definition) is 1. The number of benzene rings is 1. The predicted octanol–water partition coefficient (Wildman–Crippen LogP) is 4.17. The highest BCUT2D eigenvalue weighted by Gasteiger charge is 2.33. The zero-order valence-corrected chi connectivity index (χ0v) is 12.9. The van der Waals surface area contributed by atoms with Gasteiger partial charge in [0.2, 0.25) is 11.4 Å². The quantitative estimate of drug-likeness (QED) is 0.644. The Morgan fingerprint density at radius 2 is 2.00 bits per heavy atom. The van der Waals surface area contributed by atoms with Crippen LogP contribution in [0.3, 0.4) is 0 Å². The van der Waals surface area contributed by atoms with Gasteiger partial charge in [0.1, 0.15) is 0 Å². The van der Waals surface area contributed by atoms with E-state index in [0.717, 1.165) is 25.6 Å². The Kier molecular flexibility index (Phi) is 4.97. The monoisotopic (exact) mass is 357 g/mol. The molecule has 0 atom stereocenters. The minimum Gasteiger partial charge on any atom is -0.504 e. The molecule has 0 saturated heterocycles. The van der Waals surface area contributed by atoms with E-state index in [-0.39, 0.29) is 11.4 Å². The second-order valence-electron chi connectivity index (χ2n) is 4.88. The fourth-order valence-corrected chi connectivity index (χ4v) is 2.00. The van der Waals surface area contributed by atoms with Crippen molar-refractivity contribution in [1.29, 1.82) is 0 Å². The Bertz CT molecular complexity index is 885. The first-order valence-electron chi connectivity index (χ1n) is 6.70. The number of rotatable bonds is 5. The van der Waals surface area contributed by atoms with Gasteiger partial charge in [0.25, 0.3) is 17.9 Å². The third kappa shape index (κ3) is 3.71. The van der Waals surface area contributed by atoms with E-state index in [1.807, 2.05) is 0 Å². The summed E-state index contributed by atoms with van der Waals surface area (Å²) in [4.78, 5) is 20.3. The van der Waals surface area contributed by atoms with Crippen molar-refractivity contribution in [2.75, 3.05) is 7.11 Å². The van der Waals surface area contributed by atoms with Crippen LogP contribution in [0.15, 0.2) is 23.3 Å². The van der Waals surface area contributed by atoms with Crippen molar-refractivity contribution in [3.63, 3.8) is 0 Å². The molecule has 1 aromatic carbocycles. The molecule has 2 aromatic rings. The van der Waals surface area contributed by atoms with E-state index in [1.54, 1.807) is 0 Å². The largest absolute Gasteiger partial charge is 0.504 e. The molecule has 0 aliphatic rings. The van der Waals surface area contributed by atoms with Crippen molar-refractivity contribution in [3.05, 3.63) is 51.5 Å². The molecule has 6 nitrogen and oxygen atoms in total. The van der Waals surface area contributed by atoms with Crippen molar-refractivity contribution < 1.29 is 27.0 Å². The summed E-state index contributed by atoms with van der Waals surface area (Å²) in [6.07, 6.45) is -2.19. The standard InChI is InChI=1S/C15H11F4N3O3/c1-15(18,19)12-11(14(23)22-6-21-12)25-9-5-7(13(16)17)4-8(20-2)10(9)24-3/h4-6,13H,1,3H3,(H,21,22,23). The molecule has 0 radical (unpaired) electrons. The van der Waals surface area contributed by atoms with Crippen LogP contribution < -0.4 is 15.0 Å². The van der Waals surface area contributed by atoms with Gasteiger partial charge in [-0.1, -0.05) is 0 Å². The number of nitrogens with one attached hydrogen (secondary N) is 1. The van der Waals surface area contributed by atoms with E-state index in [1.165, 1.54) is 0 Å². The molecule has 2 rings (SSSR count). The summed E-state index contributed by atoms with van der Waals surface area (Å²) >= 11 is 0. The summed E-state index contributed by atoms with van der Waals surface area (Å²) in [5.41, 5.74) is -2.93. The lowest BCUT2D eigenvalue weighted by molar-refractivity contribution is 0.0102. The first-order valence-corrected chi connectivity index (χ1v) is 6.70. The normalized spacial score (nSPS) is 11.3. The first-order chi connectivity index (χ1) is 11.7. The fraction of sp³-hybridized carbons (Fsp3) is 0.267. The fourth-order valence-electron chi connectivity index (χ4n) is 2.00. The van der Waals surface area contributed by atoms with Crippen LogP contribution in [0, 0.1) is 6.57 Å². The average molecular weight is 357 g/mol. The number of nitrogens with zero attached hydrogens (tertiary/aromatic N) is 2. The lowest BCUT2D eigenvalue weighted by atomic mass is 10.1. The van der Waals surface area contributed by atoms with Crippen molar-refractivity contribution in [2.45, 2.75) is 19.3 Å². The SMILES string of the molecule is [C-]#[N+]c1cc(C(F)F)cc(Oc2c(C(C)(F)F)nc[nH]c2=O)c1OC. The molecule has 0 aliphatic heterocycles. The van der Waals surface area contributed by atoms with Gasteiger partial charge in [-0.15, -0.1) is 0 Å². The summed E-state index contributed by atoms with van der Waals surface area (Å²) in [6.45, 7) is 7.53. The minimum atomic E-state index is -3.53. The maximum absolute atomic E-state index is 13.6. The van der Waals surface area contributed by atoms with Gasteiger partial charge < -0.3 is 14.5 Å². The Labute approximate surface area is 138 Å². The Morgan fingerprint density at radius 3 is 2.52 bits per heavy atom.